The maximum absolute atomic E-state index is 11.3. The quantitative estimate of drug-likeness (QED) is 0.685. The summed E-state index contributed by atoms with van der Waals surface area (Å²) in [6.45, 7) is 1.77. The highest BCUT2D eigenvalue weighted by molar-refractivity contribution is 7.08. The van der Waals surface area contributed by atoms with E-state index in [9.17, 15) is 4.79 Å². The van der Waals surface area contributed by atoms with Crippen molar-refractivity contribution in [3.8, 4) is 12.3 Å². The van der Waals surface area contributed by atoms with Gasteiger partial charge in [0.2, 0.25) is 0 Å². The number of amides is 1. The Balaban J connectivity index is 2.57. The molecule has 1 aromatic heterocycles. The van der Waals surface area contributed by atoms with Gasteiger partial charge in [0, 0.05) is 5.38 Å². The van der Waals surface area contributed by atoms with Crippen LogP contribution in [0.3, 0.4) is 0 Å². The maximum atomic E-state index is 11.3. The van der Waals surface area contributed by atoms with Gasteiger partial charge in [-0.2, -0.15) is 11.3 Å². The smallest absolute Gasteiger partial charge is 0.253 e. The topological polar surface area (TPSA) is 29.1 Å². The first-order valence-electron chi connectivity index (χ1n) is 3.53. The summed E-state index contributed by atoms with van der Waals surface area (Å²) in [5.41, 5.74) is 0.669. The van der Waals surface area contributed by atoms with Crippen LogP contribution in [-0.2, 0) is 0 Å². The lowest BCUT2D eigenvalue weighted by Crippen LogP contribution is -2.30. The van der Waals surface area contributed by atoms with Gasteiger partial charge < -0.3 is 5.32 Å². The minimum Gasteiger partial charge on any atom is -0.339 e. The standard InChI is InChI=1S/C9H9NOS/c1-3-7(2)10-9(11)8-4-5-12-6-8/h1,4-7H,2H3,(H,10,11). The van der Waals surface area contributed by atoms with Crippen LogP contribution in [0, 0.1) is 12.3 Å². The number of rotatable bonds is 2. The Morgan fingerprint density at radius 1 is 1.83 bits per heavy atom. The lowest BCUT2D eigenvalue weighted by Gasteiger charge is -2.05. The molecule has 0 radical (unpaired) electrons. The van der Waals surface area contributed by atoms with Gasteiger partial charge in [0.25, 0.3) is 5.91 Å². The average Bonchev–Trinajstić information content (AvgIpc) is 2.56. The highest BCUT2D eigenvalue weighted by Crippen LogP contribution is 2.05. The number of carbonyl (C=O) groups is 1. The van der Waals surface area contributed by atoms with Gasteiger partial charge in [-0.1, -0.05) is 5.92 Å². The van der Waals surface area contributed by atoms with Crippen LogP contribution in [-0.4, -0.2) is 11.9 Å². The van der Waals surface area contributed by atoms with Gasteiger partial charge in [0.15, 0.2) is 0 Å². The van der Waals surface area contributed by atoms with Crippen molar-refractivity contribution in [2.45, 2.75) is 13.0 Å². The molecule has 1 amide bonds. The van der Waals surface area contributed by atoms with Crippen LogP contribution in [0.2, 0.25) is 0 Å². The number of hydrogen-bond donors (Lipinski definition) is 1. The van der Waals surface area contributed by atoms with Crippen LogP contribution < -0.4 is 5.32 Å². The molecule has 0 bridgehead atoms. The lowest BCUT2D eigenvalue weighted by atomic mass is 10.3. The molecule has 1 rings (SSSR count). The normalized spacial score (nSPS) is 11.7. The van der Waals surface area contributed by atoms with E-state index in [1.807, 2.05) is 5.38 Å². The Morgan fingerprint density at radius 2 is 2.58 bits per heavy atom. The number of hydrogen-bond acceptors (Lipinski definition) is 2. The van der Waals surface area contributed by atoms with Crippen LogP contribution in [0.5, 0.6) is 0 Å². The van der Waals surface area contributed by atoms with Crippen molar-refractivity contribution in [2.24, 2.45) is 0 Å². The molecule has 0 fully saturated rings. The predicted molar refractivity (Wildman–Crippen MR) is 50.1 cm³/mol. The van der Waals surface area contributed by atoms with Crippen molar-refractivity contribution >= 4 is 17.2 Å². The molecule has 3 heteroatoms. The van der Waals surface area contributed by atoms with Gasteiger partial charge in [-0.25, -0.2) is 0 Å². The van der Waals surface area contributed by atoms with Crippen LogP contribution in [0.4, 0.5) is 0 Å². The Labute approximate surface area is 75.6 Å². The fraction of sp³-hybridized carbons (Fsp3) is 0.222. The van der Waals surface area contributed by atoms with Gasteiger partial charge in [0.1, 0.15) is 0 Å². The molecular weight excluding hydrogens is 170 g/mol. The highest BCUT2D eigenvalue weighted by Gasteiger charge is 2.06. The third-order valence-corrected chi connectivity index (χ3v) is 2.06. The third-order valence-electron chi connectivity index (χ3n) is 1.38. The van der Waals surface area contributed by atoms with Crippen LogP contribution in [0.25, 0.3) is 0 Å². The van der Waals surface area contributed by atoms with Gasteiger partial charge in [-0.3, -0.25) is 4.79 Å². The van der Waals surface area contributed by atoms with E-state index in [2.05, 4.69) is 11.2 Å². The second-order valence-corrected chi connectivity index (χ2v) is 3.15. The van der Waals surface area contributed by atoms with Crippen molar-refractivity contribution in [1.82, 2.24) is 5.32 Å². The predicted octanol–water partition coefficient (Wildman–Crippen LogP) is 1.50. The summed E-state index contributed by atoms with van der Waals surface area (Å²) < 4.78 is 0. The summed E-state index contributed by atoms with van der Waals surface area (Å²) in [5, 5.41) is 6.31. The minimum atomic E-state index is -0.211. The fourth-order valence-corrected chi connectivity index (χ4v) is 1.35. The third kappa shape index (κ3) is 2.11. The van der Waals surface area contributed by atoms with Crippen molar-refractivity contribution < 1.29 is 4.79 Å². The zero-order valence-corrected chi connectivity index (χ0v) is 7.52. The molecule has 0 aliphatic rings. The first-order valence-corrected chi connectivity index (χ1v) is 4.47. The molecule has 62 valence electrons. The van der Waals surface area contributed by atoms with E-state index in [1.54, 1.807) is 18.4 Å². The molecule has 1 N–H and O–H groups in total. The molecule has 0 aliphatic heterocycles. The molecule has 0 aliphatic carbocycles. The Morgan fingerprint density at radius 3 is 3.08 bits per heavy atom. The summed E-state index contributed by atoms with van der Waals surface area (Å²) in [6, 6.07) is 1.56. The minimum absolute atomic E-state index is 0.110. The van der Waals surface area contributed by atoms with Crippen molar-refractivity contribution in [3.63, 3.8) is 0 Å². The highest BCUT2D eigenvalue weighted by atomic mass is 32.1. The summed E-state index contributed by atoms with van der Waals surface area (Å²) in [5.74, 6) is 2.32. The van der Waals surface area contributed by atoms with Gasteiger partial charge in [-0.15, -0.1) is 6.42 Å². The van der Waals surface area contributed by atoms with E-state index in [-0.39, 0.29) is 11.9 Å². The average molecular weight is 179 g/mol. The summed E-state index contributed by atoms with van der Waals surface area (Å²) in [6.07, 6.45) is 5.11. The molecule has 1 atom stereocenters. The molecular formula is C9H9NOS. The Bertz CT molecular complexity index is 297. The van der Waals surface area contributed by atoms with E-state index >= 15 is 0 Å². The molecule has 1 aromatic rings. The zero-order chi connectivity index (χ0) is 8.97. The van der Waals surface area contributed by atoms with Crippen molar-refractivity contribution in [1.29, 1.82) is 0 Å². The first-order chi connectivity index (χ1) is 5.74. The van der Waals surface area contributed by atoms with Crippen molar-refractivity contribution in [3.05, 3.63) is 22.4 Å². The number of carbonyl (C=O) groups excluding carboxylic acids is 1. The largest absolute Gasteiger partial charge is 0.339 e. The first kappa shape index (κ1) is 8.82. The fourth-order valence-electron chi connectivity index (χ4n) is 0.715. The second kappa shape index (κ2) is 3.93. The Hall–Kier alpha value is -1.27. The van der Waals surface area contributed by atoms with E-state index in [0.717, 1.165) is 0 Å². The molecule has 2 nitrogen and oxygen atoms in total. The number of terminal acetylenes is 1. The summed E-state index contributed by atoms with van der Waals surface area (Å²) >= 11 is 1.49. The van der Waals surface area contributed by atoms with Crippen LogP contribution in [0.15, 0.2) is 16.8 Å². The van der Waals surface area contributed by atoms with Gasteiger partial charge >= 0.3 is 0 Å². The van der Waals surface area contributed by atoms with E-state index in [1.165, 1.54) is 11.3 Å². The molecule has 0 saturated carbocycles. The SMILES string of the molecule is C#CC(C)NC(=O)c1ccsc1. The van der Waals surface area contributed by atoms with Crippen LogP contribution >= 0.6 is 11.3 Å². The summed E-state index contributed by atoms with van der Waals surface area (Å²) in [7, 11) is 0. The molecule has 12 heavy (non-hydrogen) atoms. The maximum Gasteiger partial charge on any atom is 0.253 e. The van der Waals surface area contributed by atoms with Gasteiger partial charge in [0.05, 0.1) is 11.6 Å². The zero-order valence-electron chi connectivity index (χ0n) is 6.70. The van der Waals surface area contributed by atoms with Crippen molar-refractivity contribution in [2.75, 3.05) is 0 Å². The number of thiophene rings is 1. The molecule has 0 aromatic carbocycles. The second-order valence-electron chi connectivity index (χ2n) is 2.37. The molecule has 1 unspecified atom stereocenters. The number of nitrogens with one attached hydrogen (secondary N) is 1. The summed E-state index contributed by atoms with van der Waals surface area (Å²) in [4.78, 5) is 11.3. The van der Waals surface area contributed by atoms with E-state index < -0.39 is 0 Å². The molecule has 0 saturated heterocycles. The molecule has 0 spiro atoms. The van der Waals surface area contributed by atoms with E-state index in [4.69, 9.17) is 6.42 Å². The lowest BCUT2D eigenvalue weighted by molar-refractivity contribution is 0.0948. The Kier molecular flexibility index (Phi) is 2.89. The monoisotopic (exact) mass is 179 g/mol. The van der Waals surface area contributed by atoms with Gasteiger partial charge in [-0.05, 0) is 18.4 Å². The molecule has 1 heterocycles. The van der Waals surface area contributed by atoms with Crippen LogP contribution in [0.1, 0.15) is 17.3 Å². The van der Waals surface area contributed by atoms with E-state index in [0.29, 0.717) is 5.56 Å².